The molecular formula is C13H17ClN2OS. The van der Waals surface area contributed by atoms with Crippen LogP contribution in [0.25, 0.3) is 0 Å². The van der Waals surface area contributed by atoms with E-state index in [1.807, 2.05) is 12.1 Å². The smallest absolute Gasteiger partial charge is 0.106 e. The van der Waals surface area contributed by atoms with Gasteiger partial charge in [-0.2, -0.15) is 0 Å². The summed E-state index contributed by atoms with van der Waals surface area (Å²) in [6.07, 6.45) is 3.27. The highest BCUT2D eigenvalue weighted by molar-refractivity contribution is 7.80. The average Bonchev–Trinajstić information content (AvgIpc) is 2.38. The molecule has 1 aromatic rings. The van der Waals surface area contributed by atoms with Crippen LogP contribution in [0.4, 0.5) is 5.69 Å². The van der Waals surface area contributed by atoms with Crippen molar-refractivity contribution >= 4 is 34.5 Å². The van der Waals surface area contributed by atoms with Crippen molar-refractivity contribution < 1.29 is 5.11 Å². The first-order valence-electron chi connectivity index (χ1n) is 6.10. The zero-order valence-corrected chi connectivity index (χ0v) is 11.7. The number of nitrogens with zero attached hydrogens (tertiary/aromatic N) is 1. The second-order valence-corrected chi connectivity index (χ2v) is 5.43. The van der Waals surface area contributed by atoms with Crippen molar-refractivity contribution in [2.24, 2.45) is 5.73 Å². The Morgan fingerprint density at radius 1 is 1.50 bits per heavy atom. The van der Waals surface area contributed by atoms with Gasteiger partial charge in [-0.3, -0.25) is 0 Å². The number of hydrogen-bond donors (Lipinski definition) is 2. The number of nitrogens with two attached hydrogens (primary N) is 1. The van der Waals surface area contributed by atoms with E-state index < -0.39 is 0 Å². The molecule has 1 heterocycles. The molecule has 18 heavy (non-hydrogen) atoms. The van der Waals surface area contributed by atoms with Crippen molar-refractivity contribution in [2.45, 2.75) is 25.3 Å². The van der Waals surface area contributed by atoms with Gasteiger partial charge in [0.25, 0.3) is 0 Å². The van der Waals surface area contributed by atoms with Gasteiger partial charge in [0.2, 0.25) is 0 Å². The van der Waals surface area contributed by atoms with Crippen LogP contribution < -0.4 is 10.6 Å². The number of aliphatic hydroxyl groups excluding tert-OH is 1. The van der Waals surface area contributed by atoms with Gasteiger partial charge in [0.1, 0.15) is 4.99 Å². The van der Waals surface area contributed by atoms with Crippen LogP contribution >= 0.6 is 23.8 Å². The molecule has 0 aliphatic carbocycles. The van der Waals surface area contributed by atoms with Gasteiger partial charge < -0.3 is 15.7 Å². The Labute approximate surface area is 118 Å². The van der Waals surface area contributed by atoms with Crippen LogP contribution in [-0.2, 0) is 0 Å². The van der Waals surface area contributed by atoms with E-state index in [0.29, 0.717) is 10.0 Å². The standard InChI is InChI=1S/C13H17ClN2OS/c14-9-4-5-12(11(7-9)13(15)18)16-6-2-1-3-10(16)8-17/h4-5,7,10,17H,1-3,6,8H2,(H2,15,18). The number of anilines is 1. The Kier molecular flexibility index (Phi) is 4.43. The van der Waals surface area contributed by atoms with Crippen molar-refractivity contribution in [2.75, 3.05) is 18.1 Å². The molecule has 3 N–H and O–H groups in total. The van der Waals surface area contributed by atoms with Crippen molar-refractivity contribution in [3.8, 4) is 0 Å². The van der Waals surface area contributed by atoms with Crippen LogP contribution in [0, 0.1) is 0 Å². The summed E-state index contributed by atoms with van der Waals surface area (Å²) >= 11 is 11.1. The predicted molar refractivity (Wildman–Crippen MR) is 79.4 cm³/mol. The fourth-order valence-electron chi connectivity index (χ4n) is 2.46. The van der Waals surface area contributed by atoms with Crippen LogP contribution in [0.2, 0.25) is 5.02 Å². The minimum absolute atomic E-state index is 0.146. The maximum atomic E-state index is 9.48. The highest BCUT2D eigenvalue weighted by atomic mass is 35.5. The summed E-state index contributed by atoms with van der Waals surface area (Å²) < 4.78 is 0. The summed E-state index contributed by atoms with van der Waals surface area (Å²) in [5, 5.41) is 10.1. The van der Waals surface area contributed by atoms with Gasteiger partial charge in [0.05, 0.1) is 12.6 Å². The Bertz CT molecular complexity index is 453. The number of thiocarbonyl (C=S) groups is 1. The first-order chi connectivity index (χ1) is 8.63. The summed E-state index contributed by atoms with van der Waals surface area (Å²) in [6.45, 7) is 1.07. The Morgan fingerprint density at radius 2 is 2.28 bits per heavy atom. The van der Waals surface area contributed by atoms with Crippen molar-refractivity contribution in [3.63, 3.8) is 0 Å². The third-order valence-corrected chi connectivity index (χ3v) is 3.83. The lowest BCUT2D eigenvalue weighted by Crippen LogP contribution is -2.42. The monoisotopic (exact) mass is 284 g/mol. The van der Waals surface area contributed by atoms with Gasteiger partial charge in [-0.25, -0.2) is 0 Å². The summed E-state index contributed by atoms with van der Waals surface area (Å²) in [4.78, 5) is 2.53. The number of aliphatic hydroxyl groups is 1. The molecule has 2 rings (SSSR count). The molecule has 1 saturated heterocycles. The lowest BCUT2D eigenvalue weighted by molar-refractivity contribution is 0.240. The average molecular weight is 285 g/mol. The maximum absolute atomic E-state index is 9.48. The first kappa shape index (κ1) is 13.6. The lowest BCUT2D eigenvalue weighted by atomic mass is 10.0. The van der Waals surface area contributed by atoms with Gasteiger partial charge in [0.15, 0.2) is 0 Å². The van der Waals surface area contributed by atoms with Crippen molar-refractivity contribution in [3.05, 3.63) is 28.8 Å². The fourth-order valence-corrected chi connectivity index (χ4v) is 2.80. The van der Waals surface area contributed by atoms with Crippen LogP contribution in [0.5, 0.6) is 0 Å². The summed E-state index contributed by atoms with van der Waals surface area (Å²) in [5.74, 6) is 0. The van der Waals surface area contributed by atoms with E-state index >= 15 is 0 Å². The van der Waals surface area contributed by atoms with E-state index in [2.05, 4.69) is 4.90 Å². The second-order valence-electron chi connectivity index (χ2n) is 4.55. The van der Waals surface area contributed by atoms with Crippen LogP contribution in [0.3, 0.4) is 0 Å². The number of hydrogen-bond acceptors (Lipinski definition) is 3. The lowest BCUT2D eigenvalue weighted by Gasteiger charge is -2.37. The van der Waals surface area contributed by atoms with E-state index in [9.17, 15) is 5.11 Å². The first-order valence-corrected chi connectivity index (χ1v) is 6.89. The summed E-state index contributed by atoms with van der Waals surface area (Å²) in [6, 6.07) is 5.71. The molecule has 3 nitrogen and oxygen atoms in total. The molecule has 0 saturated carbocycles. The van der Waals surface area contributed by atoms with Crippen LogP contribution in [-0.4, -0.2) is 29.3 Å². The minimum Gasteiger partial charge on any atom is -0.394 e. The largest absolute Gasteiger partial charge is 0.394 e. The van der Waals surface area contributed by atoms with Gasteiger partial charge in [-0.15, -0.1) is 0 Å². The minimum atomic E-state index is 0.146. The molecule has 0 spiro atoms. The quantitative estimate of drug-likeness (QED) is 0.837. The number of halogens is 1. The zero-order chi connectivity index (χ0) is 13.1. The van der Waals surface area contributed by atoms with Gasteiger partial charge in [0, 0.05) is 22.8 Å². The molecule has 98 valence electrons. The molecule has 1 fully saturated rings. The third-order valence-electron chi connectivity index (χ3n) is 3.37. The normalized spacial score (nSPS) is 19.9. The maximum Gasteiger partial charge on any atom is 0.106 e. The molecule has 0 radical (unpaired) electrons. The molecule has 1 aliphatic heterocycles. The second kappa shape index (κ2) is 5.87. The topological polar surface area (TPSA) is 49.5 Å². The van der Waals surface area contributed by atoms with Crippen LogP contribution in [0.15, 0.2) is 18.2 Å². The summed E-state index contributed by atoms with van der Waals surface area (Å²) in [7, 11) is 0. The molecule has 0 aromatic heterocycles. The molecule has 1 atom stereocenters. The van der Waals surface area contributed by atoms with Crippen molar-refractivity contribution in [1.29, 1.82) is 0 Å². The fraction of sp³-hybridized carbons (Fsp3) is 0.462. The number of benzene rings is 1. The van der Waals surface area contributed by atoms with Gasteiger partial charge in [-0.05, 0) is 37.5 Å². The summed E-state index contributed by atoms with van der Waals surface area (Å²) in [5.41, 5.74) is 7.53. The molecular weight excluding hydrogens is 268 g/mol. The van der Waals surface area contributed by atoms with Gasteiger partial charge in [-0.1, -0.05) is 23.8 Å². The Balaban J connectivity index is 2.39. The highest BCUT2D eigenvalue weighted by Gasteiger charge is 2.24. The van der Waals surface area contributed by atoms with Crippen LogP contribution in [0.1, 0.15) is 24.8 Å². The number of piperidine rings is 1. The van der Waals surface area contributed by atoms with Gasteiger partial charge >= 0.3 is 0 Å². The molecule has 1 aromatic carbocycles. The van der Waals surface area contributed by atoms with E-state index in [1.54, 1.807) is 6.07 Å². The van der Waals surface area contributed by atoms with Crippen molar-refractivity contribution in [1.82, 2.24) is 0 Å². The van der Waals surface area contributed by atoms with E-state index in [1.165, 1.54) is 0 Å². The van der Waals surface area contributed by atoms with E-state index in [-0.39, 0.29) is 12.6 Å². The molecule has 0 amide bonds. The highest BCUT2D eigenvalue weighted by Crippen LogP contribution is 2.29. The number of rotatable bonds is 3. The third kappa shape index (κ3) is 2.76. The Morgan fingerprint density at radius 3 is 2.94 bits per heavy atom. The molecule has 1 aliphatic rings. The van der Waals surface area contributed by atoms with E-state index in [4.69, 9.17) is 29.6 Å². The Hall–Kier alpha value is -0.840. The predicted octanol–water partition coefficient (Wildman–Crippen LogP) is 2.33. The molecule has 0 bridgehead atoms. The zero-order valence-electron chi connectivity index (χ0n) is 10.1. The molecule has 1 unspecified atom stereocenters. The molecule has 5 heteroatoms. The van der Waals surface area contributed by atoms with E-state index in [0.717, 1.165) is 37.1 Å². The SMILES string of the molecule is NC(=S)c1cc(Cl)ccc1N1CCCCC1CO.